The topological polar surface area (TPSA) is 106 Å². The van der Waals surface area contributed by atoms with Crippen LogP contribution < -0.4 is 14.5 Å². The normalized spacial score (nSPS) is 14.2. The third-order valence-corrected chi connectivity index (χ3v) is 3.82. The van der Waals surface area contributed by atoms with Gasteiger partial charge in [-0.3, -0.25) is 0 Å². The molecule has 0 spiro atoms. The molecule has 0 aliphatic carbocycles. The summed E-state index contributed by atoms with van der Waals surface area (Å²) in [7, 11) is -0.0775. The molecule has 0 aromatic carbocycles. The monoisotopic (exact) mass is 296 g/mol. The van der Waals surface area contributed by atoms with E-state index < -0.39 is 12.0 Å². The average Bonchev–Trinajstić information content (AvgIpc) is 2.57. The fraction of sp³-hybridized carbons (Fsp3) is 0.143. The summed E-state index contributed by atoms with van der Waals surface area (Å²) < 4.78 is 5.12. The van der Waals surface area contributed by atoms with Crippen LogP contribution in [0, 0.1) is 0 Å². The van der Waals surface area contributed by atoms with Crippen LogP contribution in [0.1, 0.15) is 0 Å². The van der Waals surface area contributed by atoms with Gasteiger partial charge in [-0.2, -0.15) is 0 Å². The lowest BCUT2D eigenvalue weighted by Gasteiger charge is -2.06. The van der Waals surface area contributed by atoms with E-state index >= 15 is 0 Å². The first-order chi connectivity index (χ1) is 7.87. The third-order valence-electron chi connectivity index (χ3n) is 1.82. The summed E-state index contributed by atoms with van der Waals surface area (Å²) in [6.07, 6.45) is 1.32. The highest BCUT2D eigenvalue weighted by atomic mass is 35.5. The van der Waals surface area contributed by atoms with Crippen molar-refractivity contribution >= 4 is 40.3 Å². The number of aromatic nitrogens is 1. The highest BCUT2D eigenvalue weighted by Gasteiger charge is 2.35. The lowest BCUT2D eigenvalue weighted by atomic mass is 10.4. The summed E-state index contributed by atoms with van der Waals surface area (Å²) in [5, 5.41) is -0.479. The molecule has 17 heavy (non-hydrogen) atoms. The van der Waals surface area contributed by atoms with Crippen molar-refractivity contribution < 1.29 is 24.2 Å². The lowest BCUT2D eigenvalue weighted by molar-refractivity contribution is -0.196. The van der Waals surface area contributed by atoms with E-state index in [4.69, 9.17) is 26.1 Å². The van der Waals surface area contributed by atoms with Crippen LogP contribution in [-0.4, -0.2) is 26.7 Å². The molecule has 0 bridgehead atoms. The first-order valence-electron chi connectivity index (χ1n) is 4.22. The largest absolute Gasteiger partial charge is 0.741 e. The number of amides is 1. The Morgan fingerprint density at radius 3 is 3.06 bits per heavy atom. The molecule has 1 aromatic rings. The van der Waals surface area contributed by atoms with Crippen LogP contribution in [0.2, 0.25) is 5.02 Å². The van der Waals surface area contributed by atoms with Gasteiger partial charge >= 0.3 is 22.9 Å². The number of carbonyl (C=O) groups is 1. The Hall–Kier alpha value is -0.760. The van der Waals surface area contributed by atoms with E-state index in [2.05, 4.69) is 4.98 Å². The number of pyridine rings is 1. The molecule has 0 fully saturated rings. The van der Waals surface area contributed by atoms with Crippen molar-refractivity contribution in [1.29, 1.82) is 0 Å². The first kappa shape index (κ1) is 12.7. The zero-order valence-electron chi connectivity index (χ0n) is 8.11. The quantitative estimate of drug-likeness (QED) is 0.520. The van der Waals surface area contributed by atoms with Crippen LogP contribution >= 0.6 is 18.3 Å². The number of hydrogen-bond acceptors (Lipinski definition) is 4. The summed E-state index contributed by atoms with van der Waals surface area (Å²) >= 11 is 5.68. The van der Waals surface area contributed by atoms with Gasteiger partial charge in [0.05, 0.1) is 5.02 Å². The smallest absolute Gasteiger partial charge is 0.515 e. The molecule has 0 saturated heterocycles. The fourth-order valence-corrected chi connectivity index (χ4v) is 2.70. The molecular weight excluding hydrogens is 291 g/mol. The van der Waals surface area contributed by atoms with Crippen LogP contribution in [0.3, 0.4) is 0 Å². The van der Waals surface area contributed by atoms with Crippen LogP contribution in [-0.2, 0) is 10.9 Å². The lowest BCUT2D eigenvalue weighted by Crippen LogP contribution is -2.29. The molecule has 0 saturated carbocycles. The summed E-state index contributed by atoms with van der Waals surface area (Å²) in [5.41, 5.74) is 0. The maximum absolute atomic E-state index is 11.6. The van der Waals surface area contributed by atoms with E-state index in [-0.39, 0.29) is 23.5 Å². The van der Waals surface area contributed by atoms with Gasteiger partial charge in [-0.1, -0.05) is 11.6 Å². The molecule has 0 radical (unpaired) electrons. The number of hydrogen-bond donors (Lipinski definition) is 2. The Kier molecular flexibility index (Phi) is 3.35. The fourth-order valence-electron chi connectivity index (χ4n) is 1.21. The number of fused-ring (bicyclic) bond motifs is 1. The highest BCUT2D eigenvalue weighted by molar-refractivity contribution is 8.24. The van der Waals surface area contributed by atoms with Gasteiger partial charge in [0.2, 0.25) is 0 Å². The molecule has 1 amide bonds. The highest BCUT2D eigenvalue weighted by Crippen LogP contribution is 2.35. The Balaban J connectivity index is 2.32. The number of carbonyl (C=O) groups excluding carboxylic acids is 1. The number of rotatable bonds is 0. The van der Waals surface area contributed by atoms with Gasteiger partial charge in [0.25, 0.3) is 0 Å². The summed E-state index contributed by atoms with van der Waals surface area (Å²) in [4.78, 5) is 44.5. The van der Waals surface area contributed by atoms with Crippen LogP contribution in [0.15, 0.2) is 12.3 Å². The summed E-state index contributed by atoms with van der Waals surface area (Å²) in [6, 6.07) is 1.47. The predicted molar refractivity (Wildman–Crippen MR) is 61.3 cm³/mol. The Labute approximate surface area is 104 Å². The second-order valence-corrected chi connectivity index (χ2v) is 6.95. The van der Waals surface area contributed by atoms with Gasteiger partial charge in [0.15, 0.2) is 18.3 Å². The van der Waals surface area contributed by atoms with E-state index in [1.165, 1.54) is 12.3 Å². The van der Waals surface area contributed by atoms with Crippen molar-refractivity contribution in [3.63, 3.8) is 0 Å². The number of halogens is 1. The van der Waals surface area contributed by atoms with Crippen molar-refractivity contribution in [1.82, 2.24) is 4.98 Å². The number of ether oxygens (including phenoxy) is 1. The minimum Gasteiger partial charge on any atom is -0.741 e. The van der Waals surface area contributed by atoms with Gasteiger partial charge in [0, 0.05) is 12.3 Å². The van der Waals surface area contributed by atoms with Gasteiger partial charge in [-0.15, -0.1) is 0 Å². The SMILES string of the molecule is O=C([S+]=P([O-])(O)O)N1COc2cc(Cl)cnc21. The average molecular weight is 297 g/mol. The van der Waals surface area contributed by atoms with Crippen molar-refractivity contribution in [2.24, 2.45) is 0 Å². The Morgan fingerprint density at radius 2 is 2.41 bits per heavy atom. The molecule has 0 atom stereocenters. The minimum absolute atomic E-state index is 0.0775. The van der Waals surface area contributed by atoms with Gasteiger partial charge in [-0.05, 0) is 0 Å². The minimum atomic E-state index is -4.48. The molecule has 1 aliphatic heterocycles. The second kappa shape index (κ2) is 4.49. The van der Waals surface area contributed by atoms with Crippen molar-refractivity contribution in [2.45, 2.75) is 0 Å². The van der Waals surface area contributed by atoms with E-state index in [9.17, 15) is 9.69 Å². The van der Waals surface area contributed by atoms with Crippen molar-refractivity contribution in [3.8, 4) is 5.75 Å². The molecular formula is C7H6ClN2O5PS. The Bertz CT molecular complexity index is 525. The van der Waals surface area contributed by atoms with Gasteiger partial charge in [0.1, 0.15) is 0 Å². The third kappa shape index (κ3) is 2.92. The van der Waals surface area contributed by atoms with Crippen LogP contribution in [0.5, 0.6) is 5.75 Å². The summed E-state index contributed by atoms with van der Waals surface area (Å²) in [5.74, 6) is 0.498. The number of anilines is 1. The molecule has 2 heterocycles. The van der Waals surface area contributed by atoms with Crippen LogP contribution in [0.4, 0.5) is 10.6 Å². The standard InChI is InChI=1S/C7H6ClN2O5PS/c8-4-1-5-6(9-2-4)10(3-15-5)7(11)17-16(12,13)14/h1-2H,3H2,(H2-,11,12,13,14). The second-order valence-electron chi connectivity index (χ2n) is 3.02. The molecule has 92 valence electrons. The Morgan fingerprint density at radius 1 is 1.71 bits per heavy atom. The first-order valence-corrected chi connectivity index (χ1v) is 7.63. The zero-order valence-corrected chi connectivity index (χ0v) is 10.6. The zero-order chi connectivity index (χ0) is 12.6. The van der Waals surface area contributed by atoms with Crippen LogP contribution in [0.25, 0.3) is 0 Å². The molecule has 2 N–H and O–H groups in total. The van der Waals surface area contributed by atoms with E-state index in [1.807, 2.05) is 0 Å². The molecule has 2 rings (SSSR count). The number of nitrogens with zero attached hydrogens (tertiary/aromatic N) is 2. The molecule has 1 aliphatic rings. The molecule has 7 nitrogen and oxygen atoms in total. The van der Waals surface area contributed by atoms with Crippen molar-refractivity contribution in [2.75, 3.05) is 11.6 Å². The summed E-state index contributed by atoms with van der Waals surface area (Å²) in [6.45, 7) is -4.62. The molecule has 0 unspecified atom stereocenters. The van der Waals surface area contributed by atoms with E-state index in [0.717, 1.165) is 4.90 Å². The van der Waals surface area contributed by atoms with E-state index in [0.29, 0.717) is 10.8 Å². The van der Waals surface area contributed by atoms with E-state index in [1.54, 1.807) is 0 Å². The molecule has 1 aromatic heterocycles. The predicted octanol–water partition coefficient (Wildman–Crippen LogP) is 0.116. The van der Waals surface area contributed by atoms with Crippen molar-refractivity contribution in [3.05, 3.63) is 17.3 Å². The maximum Gasteiger partial charge on any atom is 0.515 e. The molecule has 10 heteroatoms. The van der Waals surface area contributed by atoms with Gasteiger partial charge < -0.3 is 19.4 Å². The van der Waals surface area contributed by atoms with Gasteiger partial charge in [-0.25, -0.2) is 14.7 Å². The maximum atomic E-state index is 11.6.